The zero-order valence-corrected chi connectivity index (χ0v) is 25.5. The molecule has 3 aromatic carbocycles. The Bertz CT molecular complexity index is 1680. The number of allylic oxidation sites excluding steroid dienone is 1. The van der Waals surface area contributed by atoms with Crippen molar-refractivity contribution in [3.05, 3.63) is 103 Å². The molecule has 13 nitrogen and oxygen atoms in total. The molecule has 6 rings (SSSR count). The summed E-state index contributed by atoms with van der Waals surface area (Å²) in [6, 6.07) is 16.7. The Labute approximate surface area is 265 Å². The molecule has 2 heterocycles. The fourth-order valence-electron chi connectivity index (χ4n) is 6.45. The summed E-state index contributed by atoms with van der Waals surface area (Å²) < 4.78 is 16.0. The van der Waals surface area contributed by atoms with Crippen LogP contribution in [0.25, 0.3) is 6.08 Å². The van der Waals surface area contributed by atoms with Crippen LogP contribution in [0.1, 0.15) is 46.8 Å². The minimum Gasteiger partial charge on any atom is -0.497 e. The lowest BCUT2D eigenvalue weighted by Crippen LogP contribution is -2.37. The van der Waals surface area contributed by atoms with Gasteiger partial charge in [-0.05, 0) is 66.3 Å². The van der Waals surface area contributed by atoms with E-state index in [4.69, 9.17) is 19.3 Å². The largest absolute Gasteiger partial charge is 0.497 e. The fraction of sp³-hybridized carbons (Fsp3) is 0.333. The molecular weight excluding hydrogens is 594 g/mol. The van der Waals surface area contributed by atoms with Crippen LogP contribution >= 0.6 is 0 Å². The number of methoxy groups -OCH3 is 2. The van der Waals surface area contributed by atoms with Crippen molar-refractivity contribution < 1.29 is 28.9 Å². The summed E-state index contributed by atoms with van der Waals surface area (Å²) in [5.74, 6) is 0.565. The van der Waals surface area contributed by atoms with Crippen molar-refractivity contribution in [3.63, 3.8) is 0 Å². The number of anilines is 1. The Morgan fingerprint density at radius 3 is 2.09 bits per heavy atom. The first-order chi connectivity index (χ1) is 22.3. The lowest BCUT2D eigenvalue weighted by molar-refractivity contribution is -0.392. The lowest BCUT2D eigenvalue weighted by atomic mass is 9.77. The number of fused-ring (bicyclic) bond motifs is 1. The van der Waals surface area contributed by atoms with E-state index in [1.54, 1.807) is 31.3 Å². The van der Waals surface area contributed by atoms with Gasteiger partial charge in [-0.3, -0.25) is 25.0 Å². The van der Waals surface area contributed by atoms with Crippen LogP contribution in [-0.2, 0) is 4.74 Å². The average molecular weight is 628 g/mol. The number of benzene rings is 3. The van der Waals surface area contributed by atoms with Crippen molar-refractivity contribution in [2.45, 2.75) is 25.3 Å². The third-order valence-corrected chi connectivity index (χ3v) is 8.66. The van der Waals surface area contributed by atoms with Crippen LogP contribution in [0.15, 0.2) is 71.3 Å². The zero-order valence-electron chi connectivity index (χ0n) is 25.5. The summed E-state index contributed by atoms with van der Waals surface area (Å²) in [5.41, 5.74) is 2.16. The van der Waals surface area contributed by atoms with Crippen LogP contribution in [0.2, 0.25) is 0 Å². The molecule has 0 aromatic heterocycles. The number of hydrogen-bond acceptors (Lipinski definition) is 10. The van der Waals surface area contributed by atoms with E-state index in [-0.39, 0.29) is 43.5 Å². The summed E-state index contributed by atoms with van der Waals surface area (Å²) >= 11 is 0. The van der Waals surface area contributed by atoms with Gasteiger partial charge in [-0.15, -0.1) is 0 Å². The van der Waals surface area contributed by atoms with E-state index >= 15 is 0 Å². The summed E-state index contributed by atoms with van der Waals surface area (Å²) in [6.45, 7) is 1.05. The predicted molar refractivity (Wildman–Crippen MR) is 170 cm³/mol. The zero-order chi connectivity index (χ0) is 32.4. The van der Waals surface area contributed by atoms with Crippen molar-refractivity contribution in [2.75, 3.05) is 45.4 Å². The first-order valence-electron chi connectivity index (χ1n) is 15.0. The second-order valence-electron chi connectivity index (χ2n) is 11.3. The molecule has 13 heteroatoms. The second-order valence-corrected chi connectivity index (χ2v) is 11.3. The van der Waals surface area contributed by atoms with Gasteiger partial charge in [0.2, 0.25) is 0 Å². The molecule has 0 bridgehead atoms. The van der Waals surface area contributed by atoms with Crippen LogP contribution < -0.4 is 14.4 Å². The molecule has 2 atom stereocenters. The van der Waals surface area contributed by atoms with E-state index in [9.17, 15) is 25.0 Å². The number of nitro benzene ring substituents is 2. The molecule has 2 unspecified atom stereocenters. The Morgan fingerprint density at radius 2 is 1.52 bits per heavy atom. The van der Waals surface area contributed by atoms with Gasteiger partial charge >= 0.3 is 0 Å². The lowest BCUT2D eigenvalue weighted by Gasteiger charge is -2.30. The molecular formula is C33H33N5O8. The highest BCUT2D eigenvalue weighted by molar-refractivity contribution is 6.09. The molecule has 2 fully saturated rings. The Balaban J connectivity index is 1.45. The smallest absolute Gasteiger partial charge is 0.300 e. The Hall–Kier alpha value is -5.30. The number of ether oxygens (including phenoxy) is 3. The van der Waals surface area contributed by atoms with Crippen molar-refractivity contribution in [3.8, 4) is 11.5 Å². The van der Waals surface area contributed by atoms with Gasteiger partial charge in [-0.2, -0.15) is 5.10 Å². The van der Waals surface area contributed by atoms with Gasteiger partial charge in [0.05, 0.1) is 54.6 Å². The van der Waals surface area contributed by atoms with Crippen molar-refractivity contribution in [1.82, 2.24) is 5.01 Å². The van der Waals surface area contributed by atoms with E-state index in [0.717, 1.165) is 59.6 Å². The van der Waals surface area contributed by atoms with Crippen molar-refractivity contribution in [2.24, 2.45) is 11.0 Å². The molecule has 3 aromatic rings. The molecule has 46 heavy (non-hydrogen) atoms. The molecule has 3 aliphatic rings. The molecule has 1 aliphatic carbocycles. The van der Waals surface area contributed by atoms with E-state index in [0.29, 0.717) is 5.75 Å². The second kappa shape index (κ2) is 13.0. The third kappa shape index (κ3) is 5.88. The minimum atomic E-state index is -0.680. The maximum absolute atomic E-state index is 14.4. The number of carbonyl (C=O) groups excluding carboxylic acids is 1. The maximum Gasteiger partial charge on any atom is 0.300 e. The predicted octanol–water partition coefficient (Wildman–Crippen LogP) is 5.79. The van der Waals surface area contributed by atoms with E-state index < -0.39 is 33.2 Å². The Kier molecular flexibility index (Phi) is 8.66. The molecule has 2 aliphatic heterocycles. The van der Waals surface area contributed by atoms with E-state index in [1.165, 1.54) is 5.01 Å². The molecule has 0 radical (unpaired) electrons. The van der Waals surface area contributed by atoms with Crippen LogP contribution in [0.4, 0.5) is 17.1 Å². The summed E-state index contributed by atoms with van der Waals surface area (Å²) in [5, 5.41) is 30.8. The van der Waals surface area contributed by atoms with Crippen LogP contribution in [0, 0.1) is 26.1 Å². The monoisotopic (exact) mass is 627 g/mol. The summed E-state index contributed by atoms with van der Waals surface area (Å²) in [7, 11) is 3.18. The highest BCUT2D eigenvalue weighted by Gasteiger charge is 2.45. The van der Waals surface area contributed by atoms with E-state index in [1.807, 2.05) is 36.4 Å². The quantitative estimate of drug-likeness (QED) is 0.223. The van der Waals surface area contributed by atoms with Crippen molar-refractivity contribution in [1.29, 1.82) is 0 Å². The van der Waals surface area contributed by atoms with Crippen LogP contribution in [-0.4, -0.2) is 67.0 Å². The standard InChI is InChI=1S/C33H33N5O8/c1-44-25-10-6-21(7-11-25)18-23-4-3-5-27-30(23)34-36(31(27)22-8-12-26(45-2)13-9-22)33(39)24-19-28(37(40)41)32(29(20-24)38(42)43)35-14-16-46-17-15-35/h6-13,18-20,27,31H,3-5,14-17H2,1-2H3. The number of carbonyl (C=O) groups is 1. The molecule has 1 saturated heterocycles. The average Bonchev–Trinajstić information content (AvgIpc) is 3.48. The number of hydrazone groups is 1. The highest BCUT2D eigenvalue weighted by Crippen LogP contribution is 2.46. The summed E-state index contributed by atoms with van der Waals surface area (Å²) in [4.78, 5) is 39.1. The molecule has 1 saturated carbocycles. The number of rotatable bonds is 8. The van der Waals surface area contributed by atoms with E-state index in [2.05, 4.69) is 6.08 Å². The first-order valence-corrected chi connectivity index (χ1v) is 15.0. The first kappa shape index (κ1) is 30.7. The number of morpholine rings is 1. The van der Waals surface area contributed by atoms with Gasteiger partial charge in [-0.25, -0.2) is 5.01 Å². The highest BCUT2D eigenvalue weighted by atomic mass is 16.6. The molecule has 0 N–H and O–H groups in total. The summed E-state index contributed by atoms with van der Waals surface area (Å²) in [6.07, 6.45) is 4.43. The van der Waals surface area contributed by atoms with Crippen LogP contribution in [0.5, 0.6) is 11.5 Å². The SMILES string of the molecule is COc1ccc(C=C2CCCC3C2=NN(C(=O)c2cc([N+](=O)[O-])c(N4CCOCC4)c([N+](=O)[O-])c2)C3c2ccc(OC)cc2)cc1. The number of nitrogens with zero attached hydrogens (tertiary/aromatic N) is 5. The van der Waals surface area contributed by atoms with Gasteiger partial charge in [-0.1, -0.05) is 24.3 Å². The van der Waals surface area contributed by atoms with Gasteiger partial charge in [0.15, 0.2) is 5.69 Å². The van der Waals surface area contributed by atoms with Gasteiger partial charge in [0, 0.05) is 31.1 Å². The normalized spacial score (nSPS) is 20.2. The van der Waals surface area contributed by atoms with Crippen molar-refractivity contribution >= 4 is 34.8 Å². The number of amides is 1. The number of nitro groups is 2. The van der Waals surface area contributed by atoms with Gasteiger partial charge < -0.3 is 19.1 Å². The number of hydrogen-bond donors (Lipinski definition) is 0. The van der Waals surface area contributed by atoms with Gasteiger partial charge in [0.1, 0.15) is 11.5 Å². The molecule has 0 spiro atoms. The maximum atomic E-state index is 14.4. The van der Waals surface area contributed by atoms with Crippen LogP contribution in [0.3, 0.4) is 0 Å². The van der Waals surface area contributed by atoms with Gasteiger partial charge in [0.25, 0.3) is 17.3 Å². The Morgan fingerprint density at radius 1 is 0.935 bits per heavy atom. The minimum absolute atomic E-state index is 0.132. The molecule has 1 amide bonds. The molecule has 238 valence electrons. The topological polar surface area (TPSA) is 150 Å². The third-order valence-electron chi connectivity index (χ3n) is 8.66. The fourth-order valence-corrected chi connectivity index (χ4v) is 6.45.